The first-order valence-electron chi connectivity index (χ1n) is 15.0. The average molecular weight is 641 g/mol. The van der Waals surface area contributed by atoms with Gasteiger partial charge in [0.25, 0.3) is 17.6 Å². The van der Waals surface area contributed by atoms with Crippen molar-refractivity contribution in [2.24, 2.45) is 0 Å². The minimum absolute atomic E-state index is 0.0426. The zero-order valence-electron chi connectivity index (χ0n) is 25.3. The molecule has 2 saturated heterocycles. The summed E-state index contributed by atoms with van der Waals surface area (Å²) in [5.74, 6) is -2.23. The molecule has 1 aromatic carbocycles. The first kappa shape index (κ1) is 29.7. The highest BCUT2D eigenvalue weighted by Crippen LogP contribution is 2.30. The normalized spacial score (nSPS) is 15.4. The molecular weight excluding hydrogens is 611 g/mol. The lowest BCUT2D eigenvalue weighted by Gasteiger charge is -2.34. The first-order chi connectivity index (χ1) is 22.8. The molecule has 0 atom stereocenters. The number of nitrogens with one attached hydrogen (secondary N) is 2. The maximum Gasteiger partial charge on any atom is 0.295 e. The summed E-state index contributed by atoms with van der Waals surface area (Å²) >= 11 is 0. The number of anilines is 1. The van der Waals surface area contributed by atoms with Crippen LogP contribution in [0, 0.1) is 5.82 Å². The molecule has 0 aliphatic carbocycles. The fourth-order valence-corrected chi connectivity index (χ4v) is 5.91. The van der Waals surface area contributed by atoms with Crippen molar-refractivity contribution in [1.82, 2.24) is 55.1 Å². The number of carbonyl (C=O) groups excluding carboxylic acids is 4. The minimum Gasteiger partial charge on any atom is -0.359 e. The molecule has 0 spiro atoms. The molecule has 6 heterocycles. The molecule has 3 amide bonds. The second-order valence-corrected chi connectivity index (χ2v) is 11.2. The topological polar surface area (TPSA) is 182 Å². The third-order valence-corrected chi connectivity index (χ3v) is 8.47. The van der Waals surface area contributed by atoms with Crippen LogP contribution in [-0.4, -0.2) is 131 Å². The smallest absolute Gasteiger partial charge is 0.295 e. The lowest BCUT2D eigenvalue weighted by molar-refractivity contribution is -0.130. The van der Waals surface area contributed by atoms with Gasteiger partial charge in [0.05, 0.1) is 28.4 Å². The van der Waals surface area contributed by atoms with Gasteiger partial charge in [-0.3, -0.25) is 24.3 Å². The molecule has 47 heavy (non-hydrogen) atoms. The number of tetrazole rings is 1. The lowest BCUT2D eigenvalue weighted by Crippen LogP contribution is -2.51. The number of fused-ring (bicyclic) bond motifs is 1. The zero-order valence-corrected chi connectivity index (χ0v) is 25.3. The molecule has 17 heteroatoms. The molecule has 0 radical (unpaired) electrons. The van der Waals surface area contributed by atoms with E-state index in [9.17, 15) is 19.2 Å². The van der Waals surface area contributed by atoms with E-state index in [2.05, 4.69) is 35.7 Å². The summed E-state index contributed by atoms with van der Waals surface area (Å²) in [5, 5.41) is 18.9. The number of hydrogen-bond acceptors (Lipinski definition) is 10. The molecule has 4 aromatic heterocycles. The predicted octanol–water partition coefficient (Wildman–Crippen LogP) is 0.904. The summed E-state index contributed by atoms with van der Waals surface area (Å²) in [6.45, 7) is 4.36. The summed E-state index contributed by atoms with van der Waals surface area (Å²) in [6, 6.07) is 10.9. The molecule has 240 valence electrons. The van der Waals surface area contributed by atoms with Crippen LogP contribution in [0.3, 0.4) is 0 Å². The van der Waals surface area contributed by atoms with Gasteiger partial charge in [-0.25, -0.2) is 9.37 Å². The van der Waals surface area contributed by atoms with Crippen LogP contribution in [-0.2, 0) is 9.59 Å². The standard InChI is InChI=1S/C30H29FN12O4/c1-18(44)39-7-9-40(10-8-39)28(46)23-15-22(34-35-23)25-26-24(21(31)17-33-25)20(16-32-26)27(45)29(47)41-11-13-42(14-12-41)30-36-37-38-43(30)19-5-3-2-4-6-19/h2-6,15-17,32H,7-14H2,1H3,(H,34,35). The number of carbonyl (C=O) groups is 4. The van der Waals surface area contributed by atoms with Gasteiger partial charge in [0, 0.05) is 65.5 Å². The molecule has 7 rings (SSSR count). The highest BCUT2D eigenvalue weighted by Gasteiger charge is 2.32. The molecule has 2 aliphatic heterocycles. The van der Waals surface area contributed by atoms with Gasteiger partial charge in [0.1, 0.15) is 17.1 Å². The Balaban J connectivity index is 1.06. The van der Waals surface area contributed by atoms with Crippen molar-refractivity contribution in [2.45, 2.75) is 6.92 Å². The molecular formula is C30H29FN12O4. The van der Waals surface area contributed by atoms with Gasteiger partial charge in [-0.15, -0.1) is 0 Å². The van der Waals surface area contributed by atoms with Crippen LogP contribution in [0.1, 0.15) is 27.8 Å². The van der Waals surface area contributed by atoms with Gasteiger partial charge in [-0.05, 0) is 28.6 Å². The van der Waals surface area contributed by atoms with Crippen LogP contribution < -0.4 is 4.90 Å². The van der Waals surface area contributed by atoms with Gasteiger partial charge in [0.2, 0.25) is 11.9 Å². The van der Waals surface area contributed by atoms with Crippen LogP contribution in [0.15, 0.2) is 48.8 Å². The Hall–Kier alpha value is -6.00. The molecule has 0 bridgehead atoms. The molecule has 2 N–H and O–H groups in total. The fourth-order valence-electron chi connectivity index (χ4n) is 5.91. The van der Waals surface area contributed by atoms with Crippen molar-refractivity contribution in [1.29, 1.82) is 0 Å². The van der Waals surface area contributed by atoms with Gasteiger partial charge >= 0.3 is 0 Å². The number of benzene rings is 1. The van der Waals surface area contributed by atoms with E-state index in [4.69, 9.17) is 0 Å². The Labute approximate surface area is 266 Å². The Morgan fingerprint density at radius 2 is 1.60 bits per heavy atom. The fraction of sp³-hybridized carbons (Fsp3) is 0.300. The van der Waals surface area contributed by atoms with E-state index in [1.165, 1.54) is 24.1 Å². The molecule has 2 fully saturated rings. The number of amides is 3. The van der Waals surface area contributed by atoms with Crippen molar-refractivity contribution in [2.75, 3.05) is 57.3 Å². The number of hydrogen-bond donors (Lipinski definition) is 2. The van der Waals surface area contributed by atoms with Crippen molar-refractivity contribution in [3.63, 3.8) is 0 Å². The van der Waals surface area contributed by atoms with Crippen LogP contribution in [0.25, 0.3) is 28.0 Å². The summed E-state index contributed by atoms with van der Waals surface area (Å²) in [6.07, 6.45) is 2.25. The molecule has 2 aliphatic rings. The van der Waals surface area contributed by atoms with Crippen LogP contribution >= 0.6 is 0 Å². The van der Waals surface area contributed by atoms with Gasteiger partial charge < -0.3 is 24.6 Å². The van der Waals surface area contributed by atoms with E-state index in [1.807, 2.05) is 35.2 Å². The Bertz CT molecular complexity index is 1990. The number of piperazine rings is 2. The van der Waals surface area contributed by atoms with Crippen LogP contribution in [0.2, 0.25) is 0 Å². The third-order valence-electron chi connectivity index (χ3n) is 8.47. The molecule has 0 saturated carbocycles. The molecule has 5 aromatic rings. The van der Waals surface area contributed by atoms with Gasteiger partial charge in [-0.1, -0.05) is 23.3 Å². The zero-order chi connectivity index (χ0) is 32.7. The Morgan fingerprint density at radius 3 is 2.32 bits per heavy atom. The van der Waals surface area contributed by atoms with E-state index >= 15 is 4.39 Å². The monoisotopic (exact) mass is 640 g/mol. The number of nitrogens with zero attached hydrogens (tertiary/aromatic N) is 10. The van der Waals surface area contributed by atoms with Crippen molar-refractivity contribution in [3.8, 4) is 17.1 Å². The number of aromatic nitrogens is 8. The number of ketones is 1. The van der Waals surface area contributed by atoms with Crippen LogP contribution in [0.4, 0.5) is 10.3 Å². The highest BCUT2D eigenvalue weighted by molar-refractivity contribution is 6.45. The minimum atomic E-state index is -0.863. The summed E-state index contributed by atoms with van der Waals surface area (Å²) in [7, 11) is 0. The second-order valence-electron chi connectivity index (χ2n) is 11.2. The predicted molar refractivity (Wildman–Crippen MR) is 164 cm³/mol. The third kappa shape index (κ3) is 5.44. The number of para-hydroxylation sites is 1. The number of H-pyrrole nitrogens is 2. The van der Waals surface area contributed by atoms with E-state index < -0.39 is 17.5 Å². The van der Waals surface area contributed by atoms with Gasteiger partial charge in [-0.2, -0.15) is 9.78 Å². The van der Waals surface area contributed by atoms with Crippen molar-refractivity contribution < 1.29 is 23.6 Å². The van der Waals surface area contributed by atoms with Gasteiger partial charge in [0.15, 0.2) is 5.82 Å². The maximum atomic E-state index is 15.2. The highest BCUT2D eigenvalue weighted by atomic mass is 19.1. The number of aromatic amines is 2. The van der Waals surface area contributed by atoms with E-state index in [1.54, 1.807) is 14.5 Å². The van der Waals surface area contributed by atoms with Crippen molar-refractivity contribution >= 4 is 40.4 Å². The quantitative estimate of drug-likeness (QED) is 0.200. The number of rotatable bonds is 6. The van der Waals surface area contributed by atoms with E-state index in [-0.39, 0.29) is 58.5 Å². The van der Waals surface area contributed by atoms with E-state index in [0.29, 0.717) is 45.2 Å². The lowest BCUT2D eigenvalue weighted by atomic mass is 10.1. The molecule has 0 unspecified atom stereocenters. The van der Waals surface area contributed by atoms with Crippen molar-refractivity contribution in [3.05, 3.63) is 65.9 Å². The van der Waals surface area contributed by atoms with Crippen LogP contribution in [0.5, 0.6) is 0 Å². The average Bonchev–Trinajstić information content (AvgIpc) is 3.89. The maximum absolute atomic E-state index is 15.2. The number of Topliss-reactive ketones (excluding diaryl/α,β-unsaturated/α-hetero) is 1. The Morgan fingerprint density at radius 1 is 0.894 bits per heavy atom. The largest absolute Gasteiger partial charge is 0.359 e. The summed E-state index contributed by atoms with van der Waals surface area (Å²) in [4.78, 5) is 65.2. The first-order valence-corrected chi connectivity index (χ1v) is 15.0. The summed E-state index contributed by atoms with van der Waals surface area (Å²) in [5.41, 5.74) is 1.48. The number of halogens is 1. The second kappa shape index (κ2) is 12.1. The molecule has 16 nitrogen and oxygen atoms in total. The van der Waals surface area contributed by atoms with E-state index in [0.717, 1.165) is 11.9 Å². The Kier molecular flexibility index (Phi) is 7.63. The number of pyridine rings is 1. The SMILES string of the molecule is CC(=O)N1CCN(C(=O)c2cc(-c3ncc(F)c4c(C(=O)C(=O)N5CCN(c6nnnn6-c6ccccc6)CC5)c[nH]c34)n[nH]2)CC1. The summed E-state index contributed by atoms with van der Waals surface area (Å²) < 4.78 is 16.8.